The normalized spacial score (nSPS) is 16.3. The Kier molecular flexibility index (Phi) is 5.20. The standard InChI is InChI=1S/C16H22N2O3/c1-12(16(20)18-8-3-2-4-9-18)21-15(19)11-13-6-5-7-14(17)10-13/h5-7,10,12H,2-4,8-9,11,17H2,1H3. The highest BCUT2D eigenvalue weighted by Crippen LogP contribution is 2.12. The molecule has 0 radical (unpaired) electrons. The molecule has 1 amide bonds. The summed E-state index contributed by atoms with van der Waals surface area (Å²) in [6.07, 6.45) is 2.61. The molecule has 0 aliphatic carbocycles. The molecule has 1 atom stereocenters. The van der Waals surface area contributed by atoms with E-state index in [9.17, 15) is 9.59 Å². The topological polar surface area (TPSA) is 72.6 Å². The monoisotopic (exact) mass is 290 g/mol. The molecule has 2 N–H and O–H groups in total. The van der Waals surface area contributed by atoms with Crippen LogP contribution in [0.2, 0.25) is 0 Å². The largest absolute Gasteiger partial charge is 0.452 e. The zero-order valence-corrected chi connectivity index (χ0v) is 12.4. The lowest BCUT2D eigenvalue weighted by Gasteiger charge is -2.28. The molecule has 0 bridgehead atoms. The van der Waals surface area contributed by atoms with Crippen LogP contribution in [0.15, 0.2) is 24.3 Å². The van der Waals surface area contributed by atoms with Crippen LogP contribution in [0.4, 0.5) is 5.69 Å². The van der Waals surface area contributed by atoms with Crippen LogP contribution in [0, 0.1) is 0 Å². The zero-order valence-electron chi connectivity index (χ0n) is 12.4. The van der Waals surface area contributed by atoms with Gasteiger partial charge in [0.15, 0.2) is 6.10 Å². The Morgan fingerprint density at radius 2 is 2.00 bits per heavy atom. The second-order valence-corrected chi connectivity index (χ2v) is 5.44. The third-order valence-electron chi connectivity index (χ3n) is 3.62. The third-order valence-corrected chi connectivity index (χ3v) is 3.62. The van der Waals surface area contributed by atoms with E-state index in [1.54, 1.807) is 30.0 Å². The highest BCUT2D eigenvalue weighted by Gasteiger charge is 2.24. The van der Waals surface area contributed by atoms with Gasteiger partial charge in [0, 0.05) is 18.8 Å². The van der Waals surface area contributed by atoms with E-state index >= 15 is 0 Å². The summed E-state index contributed by atoms with van der Waals surface area (Å²) in [5, 5.41) is 0. The quantitative estimate of drug-likeness (QED) is 0.677. The van der Waals surface area contributed by atoms with E-state index < -0.39 is 12.1 Å². The summed E-state index contributed by atoms with van der Waals surface area (Å²) >= 11 is 0. The molecule has 1 aromatic rings. The molecule has 0 aromatic heterocycles. The zero-order chi connectivity index (χ0) is 15.2. The van der Waals surface area contributed by atoms with E-state index in [1.165, 1.54) is 0 Å². The molecule has 21 heavy (non-hydrogen) atoms. The van der Waals surface area contributed by atoms with Crippen LogP contribution in [0.1, 0.15) is 31.7 Å². The third kappa shape index (κ3) is 4.48. The molecule has 1 unspecified atom stereocenters. The predicted molar refractivity (Wildman–Crippen MR) is 80.5 cm³/mol. The summed E-state index contributed by atoms with van der Waals surface area (Å²) in [7, 11) is 0. The number of nitrogens with two attached hydrogens (primary N) is 1. The fourth-order valence-electron chi connectivity index (χ4n) is 2.53. The maximum absolute atomic E-state index is 12.2. The van der Waals surface area contributed by atoms with Crippen LogP contribution in [0.25, 0.3) is 0 Å². The number of anilines is 1. The van der Waals surface area contributed by atoms with E-state index in [1.807, 2.05) is 6.07 Å². The molecular formula is C16H22N2O3. The number of rotatable bonds is 4. The predicted octanol–water partition coefficient (Wildman–Crippen LogP) is 1.76. The van der Waals surface area contributed by atoms with Crippen molar-refractivity contribution >= 4 is 17.6 Å². The van der Waals surface area contributed by atoms with Crippen molar-refractivity contribution in [2.75, 3.05) is 18.8 Å². The van der Waals surface area contributed by atoms with Gasteiger partial charge in [-0.15, -0.1) is 0 Å². The smallest absolute Gasteiger partial charge is 0.311 e. The van der Waals surface area contributed by atoms with Gasteiger partial charge >= 0.3 is 5.97 Å². The van der Waals surface area contributed by atoms with Crippen LogP contribution >= 0.6 is 0 Å². The molecule has 1 saturated heterocycles. The fourth-order valence-corrected chi connectivity index (χ4v) is 2.53. The van der Waals surface area contributed by atoms with Crippen LogP contribution in [-0.2, 0) is 20.7 Å². The van der Waals surface area contributed by atoms with Gasteiger partial charge in [-0.05, 0) is 43.9 Å². The minimum absolute atomic E-state index is 0.101. The van der Waals surface area contributed by atoms with Crippen molar-refractivity contribution in [3.63, 3.8) is 0 Å². The number of amides is 1. The summed E-state index contributed by atoms with van der Waals surface area (Å²) in [4.78, 5) is 25.8. The summed E-state index contributed by atoms with van der Waals surface area (Å²) < 4.78 is 5.24. The number of esters is 1. The van der Waals surface area contributed by atoms with Crippen molar-refractivity contribution in [1.29, 1.82) is 0 Å². The average Bonchev–Trinajstić information content (AvgIpc) is 2.47. The first kappa shape index (κ1) is 15.4. The molecule has 1 heterocycles. The second-order valence-electron chi connectivity index (χ2n) is 5.44. The van der Waals surface area contributed by atoms with Crippen molar-refractivity contribution in [3.05, 3.63) is 29.8 Å². The first-order valence-electron chi connectivity index (χ1n) is 7.39. The number of hydrogen-bond donors (Lipinski definition) is 1. The first-order chi connectivity index (χ1) is 10.1. The highest BCUT2D eigenvalue weighted by molar-refractivity contribution is 5.84. The number of benzene rings is 1. The summed E-state index contributed by atoms with van der Waals surface area (Å²) in [5.41, 5.74) is 7.07. The first-order valence-corrected chi connectivity index (χ1v) is 7.39. The van der Waals surface area contributed by atoms with Gasteiger partial charge < -0.3 is 15.4 Å². The van der Waals surface area contributed by atoms with Crippen molar-refractivity contribution in [2.45, 2.75) is 38.7 Å². The minimum Gasteiger partial charge on any atom is -0.452 e. The number of hydrogen-bond acceptors (Lipinski definition) is 4. The second kappa shape index (κ2) is 7.11. The van der Waals surface area contributed by atoms with Crippen molar-refractivity contribution in [2.24, 2.45) is 0 Å². The molecule has 114 valence electrons. The van der Waals surface area contributed by atoms with Crippen molar-refractivity contribution in [3.8, 4) is 0 Å². The van der Waals surface area contributed by atoms with Crippen LogP contribution in [0.3, 0.4) is 0 Å². The minimum atomic E-state index is -0.725. The van der Waals surface area contributed by atoms with E-state index in [2.05, 4.69) is 0 Å². The maximum atomic E-state index is 12.2. The van der Waals surface area contributed by atoms with Gasteiger partial charge in [-0.1, -0.05) is 12.1 Å². The number of carbonyl (C=O) groups is 2. The lowest BCUT2D eigenvalue weighted by Crippen LogP contribution is -2.42. The van der Waals surface area contributed by atoms with Gasteiger partial charge in [-0.25, -0.2) is 0 Å². The average molecular weight is 290 g/mol. The Bertz CT molecular complexity index is 510. The van der Waals surface area contributed by atoms with E-state index in [0.29, 0.717) is 5.69 Å². The summed E-state index contributed by atoms with van der Waals surface area (Å²) in [5.74, 6) is -0.505. The Balaban J connectivity index is 1.85. The van der Waals surface area contributed by atoms with Gasteiger partial charge in [0.1, 0.15) is 0 Å². The number of ether oxygens (including phenoxy) is 1. The van der Waals surface area contributed by atoms with E-state index in [-0.39, 0.29) is 12.3 Å². The van der Waals surface area contributed by atoms with E-state index in [4.69, 9.17) is 10.5 Å². The molecule has 1 aromatic carbocycles. The van der Waals surface area contributed by atoms with Gasteiger partial charge in [-0.2, -0.15) is 0 Å². The molecule has 2 rings (SSSR count). The van der Waals surface area contributed by atoms with Gasteiger partial charge in [0.25, 0.3) is 5.91 Å². The van der Waals surface area contributed by atoms with Crippen LogP contribution in [-0.4, -0.2) is 36.0 Å². The Morgan fingerprint density at radius 1 is 1.29 bits per heavy atom. The fraction of sp³-hybridized carbons (Fsp3) is 0.500. The highest BCUT2D eigenvalue weighted by atomic mass is 16.5. The van der Waals surface area contributed by atoms with Crippen LogP contribution < -0.4 is 5.73 Å². The molecule has 0 saturated carbocycles. The molecular weight excluding hydrogens is 268 g/mol. The van der Waals surface area contributed by atoms with E-state index in [0.717, 1.165) is 37.9 Å². The molecule has 1 aliphatic heterocycles. The lowest BCUT2D eigenvalue weighted by atomic mass is 10.1. The molecule has 5 nitrogen and oxygen atoms in total. The van der Waals surface area contributed by atoms with Gasteiger partial charge in [-0.3, -0.25) is 9.59 Å². The number of nitrogen functional groups attached to an aromatic ring is 1. The Morgan fingerprint density at radius 3 is 2.67 bits per heavy atom. The lowest BCUT2D eigenvalue weighted by molar-refractivity contribution is -0.159. The number of carbonyl (C=O) groups excluding carboxylic acids is 2. The number of piperidine rings is 1. The van der Waals surface area contributed by atoms with Crippen molar-refractivity contribution < 1.29 is 14.3 Å². The van der Waals surface area contributed by atoms with Crippen LogP contribution in [0.5, 0.6) is 0 Å². The molecule has 5 heteroatoms. The van der Waals surface area contributed by atoms with Gasteiger partial charge in [0.2, 0.25) is 0 Å². The molecule has 0 spiro atoms. The SMILES string of the molecule is CC(OC(=O)Cc1cccc(N)c1)C(=O)N1CCCCC1. The summed E-state index contributed by atoms with van der Waals surface area (Å²) in [6, 6.07) is 7.10. The Hall–Kier alpha value is -2.04. The molecule has 1 fully saturated rings. The maximum Gasteiger partial charge on any atom is 0.311 e. The number of likely N-dealkylation sites (tertiary alicyclic amines) is 1. The van der Waals surface area contributed by atoms with Crippen molar-refractivity contribution in [1.82, 2.24) is 4.90 Å². The van der Waals surface area contributed by atoms with Gasteiger partial charge in [0.05, 0.1) is 6.42 Å². The molecule has 1 aliphatic rings. The number of nitrogens with zero attached hydrogens (tertiary/aromatic N) is 1. The Labute approximate surface area is 125 Å². The summed E-state index contributed by atoms with van der Waals surface area (Å²) in [6.45, 7) is 3.15.